The standard InChI is InChI=1S/C69H79BN2/c1-43(2)46-35-60-62-61(36-46)72(63-50(44-23-19-17-20-24-44)37-48(65(6,7)8)38-51(63)45-25-21-18-22-26-45)58-30-27-47(64(3,4)5)39-56(58)70(62)57-41-54-55(69(15,16)34-33-68(54,13)14)42-59(57)71(60)49-28-29-52-53(40-49)67(11,12)32-31-66(52,9)10/h17-30,35-43H,31-34H2,1-16H3. The minimum Gasteiger partial charge on any atom is -0.311 e. The lowest BCUT2D eigenvalue weighted by molar-refractivity contribution is 0.332. The van der Waals surface area contributed by atoms with Gasteiger partial charge in [0.25, 0.3) is 6.71 Å². The van der Waals surface area contributed by atoms with Crippen LogP contribution >= 0.6 is 0 Å². The molecule has 0 N–H and O–H groups in total. The van der Waals surface area contributed by atoms with Crippen LogP contribution in [0.5, 0.6) is 0 Å². The van der Waals surface area contributed by atoms with Crippen molar-refractivity contribution in [3.05, 3.63) is 172 Å². The van der Waals surface area contributed by atoms with Crippen molar-refractivity contribution in [1.82, 2.24) is 0 Å². The first-order valence-corrected chi connectivity index (χ1v) is 27.3. The van der Waals surface area contributed by atoms with Crippen LogP contribution in [0.25, 0.3) is 22.3 Å². The maximum Gasteiger partial charge on any atom is 0.252 e. The van der Waals surface area contributed by atoms with E-state index in [2.05, 4.69) is 254 Å². The van der Waals surface area contributed by atoms with Crippen molar-refractivity contribution < 1.29 is 0 Å². The average Bonchev–Trinajstić information content (AvgIpc) is 3.33. The van der Waals surface area contributed by atoms with Gasteiger partial charge in [-0.05, 0) is 179 Å². The summed E-state index contributed by atoms with van der Waals surface area (Å²) in [7, 11) is 0. The number of hydrogen-bond donors (Lipinski definition) is 0. The molecule has 11 rings (SSSR count). The molecule has 0 spiro atoms. The lowest BCUT2D eigenvalue weighted by Gasteiger charge is -2.48. The van der Waals surface area contributed by atoms with Crippen molar-refractivity contribution in [1.29, 1.82) is 0 Å². The Morgan fingerprint density at radius 1 is 0.431 bits per heavy atom. The van der Waals surface area contributed by atoms with Crippen LogP contribution in [-0.4, -0.2) is 6.71 Å². The van der Waals surface area contributed by atoms with Crippen LogP contribution in [0.1, 0.15) is 181 Å². The van der Waals surface area contributed by atoms with Crippen LogP contribution in [0.15, 0.2) is 133 Å². The fraction of sp³-hybridized carbons (Fsp3) is 0.391. The maximum atomic E-state index is 2.74. The lowest BCUT2D eigenvalue weighted by Crippen LogP contribution is -2.62. The highest BCUT2D eigenvalue weighted by Crippen LogP contribution is 2.55. The first kappa shape index (κ1) is 48.5. The molecule has 0 unspecified atom stereocenters. The second kappa shape index (κ2) is 16.4. The molecule has 368 valence electrons. The summed E-state index contributed by atoms with van der Waals surface area (Å²) >= 11 is 0. The second-order valence-electron chi connectivity index (χ2n) is 27.4. The molecule has 7 aromatic rings. The van der Waals surface area contributed by atoms with E-state index in [-0.39, 0.29) is 45.1 Å². The van der Waals surface area contributed by atoms with Crippen LogP contribution in [0.4, 0.5) is 34.1 Å². The SMILES string of the molecule is CC(C)c1cc2c3c(c1)N(c1c(-c4ccccc4)cc(C(C)(C)C)cc1-c1ccccc1)c1ccc(C(C)(C)C)cc1B3c1cc3c(cc1N2c1ccc2c(c1)C(C)(C)CCC2(C)C)C(C)(C)CCC3(C)C. The van der Waals surface area contributed by atoms with Crippen molar-refractivity contribution in [2.24, 2.45) is 0 Å². The monoisotopic (exact) mass is 947 g/mol. The summed E-state index contributed by atoms with van der Waals surface area (Å²) in [6.07, 6.45) is 4.71. The molecule has 2 aliphatic heterocycles. The highest BCUT2D eigenvalue weighted by atomic mass is 15.2. The van der Waals surface area contributed by atoms with Gasteiger partial charge in [-0.25, -0.2) is 0 Å². The molecule has 0 fully saturated rings. The van der Waals surface area contributed by atoms with E-state index in [1.807, 2.05) is 0 Å². The first-order valence-electron chi connectivity index (χ1n) is 27.3. The minimum absolute atomic E-state index is 0.00403. The summed E-state index contributed by atoms with van der Waals surface area (Å²) in [6, 6.07) is 53.2. The molecule has 0 amide bonds. The molecular weight excluding hydrogens is 868 g/mol. The Morgan fingerprint density at radius 2 is 0.903 bits per heavy atom. The van der Waals surface area contributed by atoms with E-state index < -0.39 is 0 Å². The molecule has 0 atom stereocenters. The summed E-state index contributed by atoms with van der Waals surface area (Å²) < 4.78 is 0. The van der Waals surface area contributed by atoms with Crippen LogP contribution in [0.3, 0.4) is 0 Å². The van der Waals surface area contributed by atoms with Gasteiger partial charge in [-0.1, -0.05) is 196 Å². The Labute approximate surface area is 434 Å². The molecule has 0 saturated carbocycles. The highest BCUT2D eigenvalue weighted by molar-refractivity contribution is 7.00. The topological polar surface area (TPSA) is 6.48 Å². The summed E-state index contributed by atoms with van der Waals surface area (Å²) in [6.45, 7) is 38.9. The van der Waals surface area contributed by atoms with Crippen LogP contribution in [0, 0.1) is 0 Å². The molecule has 2 nitrogen and oxygen atoms in total. The quantitative estimate of drug-likeness (QED) is 0.159. The number of anilines is 6. The van der Waals surface area contributed by atoms with E-state index in [0.717, 1.165) is 0 Å². The first-order chi connectivity index (χ1) is 33.8. The maximum absolute atomic E-state index is 2.74. The van der Waals surface area contributed by atoms with Gasteiger partial charge in [0.1, 0.15) is 0 Å². The molecule has 2 heterocycles. The van der Waals surface area contributed by atoms with Gasteiger partial charge in [-0.3, -0.25) is 0 Å². The Balaban J connectivity index is 1.33. The third kappa shape index (κ3) is 7.73. The molecule has 4 aliphatic rings. The van der Waals surface area contributed by atoms with E-state index in [0.29, 0.717) is 0 Å². The average molecular weight is 947 g/mol. The zero-order valence-corrected chi connectivity index (χ0v) is 46.6. The fourth-order valence-corrected chi connectivity index (χ4v) is 13.1. The Hall–Kier alpha value is -5.80. The molecule has 7 aromatic carbocycles. The minimum atomic E-state index is -0.0842. The smallest absolute Gasteiger partial charge is 0.252 e. The van der Waals surface area contributed by atoms with E-state index in [9.17, 15) is 0 Å². The number of nitrogens with zero attached hydrogens (tertiary/aromatic N) is 2. The zero-order valence-electron chi connectivity index (χ0n) is 46.6. The van der Waals surface area contributed by atoms with E-state index in [1.54, 1.807) is 0 Å². The third-order valence-corrected chi connectivity index (χ3v) is 18.1. The zero-order chi connectivity index (χ0) is 51.2. The summed E-state index contributed by atoms with van der Waals surface area (Å²) in [4.78, 5) is 5.47. The normalized spacial score (nSPS) is 18.0. The van der Waals surface area contributed by atoms with Gasteiger partial charge in [-0.2, -0.15) is 0 Å². The molecule has 0 radical (unpaired) electrons. The second-order valence-corrected chi connectivity index (χ2v) is 27.4. The molecule has 3 heteroatoms. The van der Waals surface area contributed by atoms with Gasteiger partial charge in [-0.15, -0.1) is 0 Å². The highest BCUT2D eigenvalue weighted by Gasteiger charge is 2.48. The Kier molecular flexibility index (Phi) is 11.0. The van der Waals surface area contributed by atoms with Crippen LogP contribution in [-0.2, 0) is 32.5 Å². The summed E-state index contributed by atoms with van der Waals surface area (Å²) in [5, 5.41) is 0. The van der Waals surface area contributed by atoms with E-state index in [1.165, 1.54) is 137 Å². The molecule has 72 heavy (non-hydrogen) atoms. The molecule has 0 aromatic heterocycles. The van der Waals surface area contributed by atoms with Crippen molar-refractivity contribution in [3.63, 3.8) is 0 Å². The summed E-state index contributed by atoms with van der Waals surface area (Å²) in [5.41, 5.74) is 27.0. The Morgan fingerprint density at radius 3 is 1.42 bits per heavy atom. The third-order valence-electron chi connectivity index (χ3n) is 18.1. The number of benzene rings is 7. The lowest BCUT2D eigenvalue weighted by atomic mass is 9.33. The van der Waals surface area contributed by atoms with Gasteiger partial charge < -0.3 is 9.80 Å². The summed E-state index contributed by atoms with van der Waals surface area (Å²) in [5.74, 6) is 0.289. The van der Waals surface area contributed by atoms with Crippen molar-refractivity contribution >= 4 is 57.2 Å². The number of hydrogen-bond acceptors (Lipinski definition) is 2. The van der Waals surface area contributed by atoms with Gasteiger partial charge in [0.2, 0.25) is 0 Å². The van der Waals surface area contributed by atoms with Crippen LogP contribution < -0.4 is 26.2 Å². The molecule has 2 aliphatic carbocycles. The largest absolute Gasteiger partial charge is 0.311 e. The molecule has 0 bridgehead atoms. The van der Waals surface area contributed by atoms with Crippen LogP contribution in [0.2, 0.25) is 0 Å². The Bertz CT molecular complexity index is 3240. The molecule has 0 saturated heterocycles. The molecular formula is C69H79BN2. The van der Waals surface area contributed by atoms with Gasteiger partial charge in [0.15, 0.2) is 0 Å². The van der Waals surface area contributed by atoms with E-state index >= 15 is 0 Å². The predicted octanol–water partition coefficient (Wildman–Crippen LogP) is 17.5. The predicted molar refractivity (Wildman–Crippen MR) is 313 cm³/mol. The van der Waals surface area contributed by atoms with Crippen molar-refractivity contribution in [3.8, 4) is 22.3 Å². The number of rotatable bonds is 5. The van der Waals surface area contributed by atoms with Gasteiger partial charge in [0, 0.05) is 39.6 Å². The number of fused-ring (bicyclic) bond motifs is 6. The van der Waals surface area contributed by atoms with Crippen molar-refractivity contribution in [2.45, 2.75) is 175 Å². The fourth-order valence-electron chi connectivity index (χ4n) is 13.1. The van der Waals surface area contributed by atoms with Gasteiger partial charge >= 0.3 is 0 Å². The van der Waals surface area contributed by atoms with Crippen molar-refractivity contribution in [2.75, 3.05) is 9.80 Å². The van der Waals surface area contributed by atoms with E-state index in [4.69, 9.17) is 0 Å². The van der Waals surface area contributed by atoms with Gasteiger partial charge in [0.05, 0.1) is 5.69 Å².